The molecule has 106 valence electrons. The van der Waals surface area contributed by atoms with E-state index in [0.717, 1.165) is 28.5 Å². The fourth-order valence-corrected chi connectivity index (χ4v) is 5.38. The van der Waals surface area contributed by atoms with Crippen LogP contribution in [-0.2, 0) is 6.42 Å². The molecule has 2 unspecified atom stereocenters. The van der Waals surface area contributed by atoms with Crippen LogP contribution in [0.25, 0.3) is 0 Å². The number of fused-ring (bicyclic) bond motifs is 1. The van der Waals surface area contributed by atoms with E-state index in [4.69, 9.17) is 4.98 Å². The molecule has 19 heavy (non-hydrogen) atoms. The quantitative estimate of drug-likeness (QED) is 0.910. The molecule has 1 aromatic rings. The summed E-state index contributed by atoms with van der Waals surface area (Å²) in [6.07, 6.45) is 2.77. The minimum Gasteiger partial charge on any atom is -0.387 e. The van der Waals surface area contributed by atoms with Gasteiger partial charge in [-0.1, -0.05) is 25.2 Å². The van der Waals surface area contributed by atoms with Crippen LogP contribution in [0.2, 0.25) is 0 Å². The average molecular weight is 298 g/mol. The van der Waals surface area contributed by atoms with E-state index in [9.17, 15) is 5.11 Å². The summed E-state index contributed by atoms with van der Waals surface area (Å²) < 4.78 is 0. The monoisotopic (exact) mass is 298 g/mol. The number of nitrogens with zero attached hydrogens (tertiary/aromatic N) is 2. The molecule has 2 atom stereocenters. The van der Waals surface area contributed by atoms with Crippen molar-refractivity contribution in [3.8, 4) is 0 Å². The number of hydrogen-bond acceptors (Lipinski definition) is 5. The summed E-state index contributed by atoms with van der Waals surface area (Å²) in [6, 6.07) is 0.614. The SMILES string of the molecule is CN(c1nc2c(s1)C(O)CC(C)(C)C2)C1CCSC1. The van der Waals surface area contributed by atoms with E-state index in [1.54, 1.807) is 11.3 Å². The smallest absolute Gasteiger partial charge is 0.185 e. The van der Waals surface area contributed by atoms with Gasteiger partial charge in [0.1, 0.15) is 0 Å². The summed E-state index contributed by atoms with van der Waals surface area (Å²) in [5.74, 6) is 2.46. The highest BCUT2D eigenvalue weighted by Gasteiger charge is 2.35. The predicted octanol–water partition coefficient (Wildman–Crippen LogP) is 3.09. The van der Waals surface area contributed by atoms with Crippen LogP contribution < -0.4 is 4.90 Å². The molecule has 1 aliphatic carbocycles. The first kappa shape index (κ1) is 13.7. The van der Waals surface area contributed by atoms with Gasteiger partial charge in [0, 0.05) is 18.8 Å². The van der Waals surface area contributed by atoms with Crippen molar-refractivity contribution in [2.24, 2.45) is 5.41 Å². The standard InChI is InChI=1S/C14H22N2OS2/c1-14(2)6-10-12(11(17)7-14)19-13(15-10)16(3)9-4-5-18-8-9/h9,11,17H,4-8H2,1-3H3. The summed E-state index contributed by atoms with van der Waals surface area (Å²) in [6.45, 7) is 4.44. The van der Waals surface area contributed by atoms with Crippen LogP contribution in [-0.4, -0.2) is 34.7 Å². The lowest BCUT2D eigenvalue weighted by Gasteiger charge is -2.31. The normalized spacial score (nSPS) is 29.3. The summed E-state index contributed by atoms with van der Waals surface area (Å²) in [5.41, 5.74) is 1.29. The van der Waals surface area contributed by atoms with Gasteiger partial charge in [-0.15, -0.1) is 0 Å². The molecule has 5 heteroatoms. The first-order chi connectivity index (χ1) is 8.96. The van der Waals surface area contributed by atoms with E-state index in [1.165, 1.54) is 17.9 Å². The van der Waals surface area contributed by atoms with Gasteiger partial charge in [-0.25, -0.2) is 4.98 Å². The third kappa shape index (κ3) is 2.65. The molecule has 0 spiro atoms. The van der Waals surface area contributed by atoms with E-state index in [2.05, 4.69) is 25.8 Å². The number of aliphatic hydroxyl groups is 1. The minimum absolute atomic E-state index is 0.166. The first-order valence-electron chi connectivity index (χ1n) is 6.94. The van der Waals surface area contributed by atoms with Crippen LogP contribution in [0.5, 0.6) is 0 Å². The molecular formula is C14H22N2OS2. The van der Waals surface area contributed by atoms with E-state index in [1.807, 2.05) is 11.8 Å². The van der Waals surface area contributed by atoms with Crippen molar-refractivity contribution in [3.05, 3.63) is 10.6 Å². The molecule has 0 bridgehead atoms. The van der Waals surface area contributed by atoms with Gasteiger partial charge in [0.15, 0.2) is 5.13 Å². The maximum absolute atomic E-state index is 10.3. The summed E-state index contributed by atoms with van der Waals surface area (Å²) in [4.78, 5) is 8.24. The molecule has 0 amide bonds. The molecule has 1 aromatic heterocycles. The Morgan fingerprint density at radius 3 is 2.89 bits per heavy atom. The lowest BCUT2D eigenvalue weighted by atomic mass is 9.77. The van der Waals surface area contributed by atoms with Crippen LogP contribution in [0.3, 0.4) is 0 Å². The summed E-state index contributed by atoms with van der Waals surface area (Å²) in [5, 5.41) is 11.4. The molecule has 3 nitrogen and oxygen atoms in total. The third-order valence-electron chi connectivity index (χ3n) is 4.17. The first-order valence-corrected chi connectivity index (χ1v) is 8.92. The number of anilines is 1. The van der Waals surface area contributed by atoms with E-state index >= 15 is 0 Å². The number of thioether (sulfide) groups is 1. The van der Waals surface area contributed by atoms with Gasteiger partial charge in [-0.05, 0) is 30.4 Å². The largest absolute Gasteiger partial charge is 0.387 e. The van der Waals surface area contributed by atoms with Gasteiger partial charge in [-0.3, -0.25) is 0 Å². The van der Waals surface area contributed by atoms with Crippen molar-refractivity contribution < 1.29 is 5.11 Å². The van der Waals surface area contributed by atoms with Crippen molar-refractivity contribution in [2.45, 2.75) is 45.3 Å². The molecule has 1 N–H and O–H groups in total. The van der Waals surface area contributed by atoms with Gasteiger partial charge in [0.25, 0.3) is 0 Å². The lowest BCUT2D eigenvalue weighted by molar-refractivity contribution is 0.102. The molecule has 0 radical (unpaired) electrons. The Kier molecular flexibility index (Phi) is 3.56. The molecule has 1 saturated heterocycles. The zero-order valence-electron chi connectivity index (χ0n) is 11.8. The second-order valence-corrected chi connectivity index (χ2v) is 8.66. The van der Waals surface area contributed by atoms with Crippen LogP contribution in [0.4, 0.5) is 5.13 Å². The highest BCUT2D eigenvalue weighted by Crippen LogP contribution is 2.45. The molecule has 1 aliphatic heterocycles. The number of thiazole rings is 1. The zero-order valence-corrected chi connectivity index (χ0v) is 13.5. The van der Waals surface area contributed by atoms with Crippen molar-refractivity contribution >= 4 is 28.2 Å². The predicted molar refractivity (Wildman–Crippen MR) is 83.3 cm³/mol. The molecule has 3 rings (SSSR count). The van der Waals surface area contributed by atoms with Crippen LogP contribution in [0.1, 0.15) is 43.4 Å². The van der Waals surface area contributed by atoms with Crippen molar-refractivity contribution in [2.75, 3.05) is 23.5 Å². The Labute approximate surface area is 123 Å². The fourth-order valence-electron chi connectivity index (χ4n) is 3.01. The molecule has 0 saturated carbocycles. The number of aromatic nitrogens is 1. The Bertz CT molecular complexity index is 466. The second kappa shape index (κ2) is 4.93. The van der Waals surface area contributed by atoms with E-state index in [-0.39, 0.29) is 11.5 Å². The Morgan fingerprint density at radius 1 is 1.42 bits per heavy atom. The molecule has 2 aliphatic rings. The van der Waals surface area contributed by atoms with Crippen LogP contribution >= 0.6 is 23.1 Å². The lowest BCUT2D eigenvalue weighted by Crippen LogP contribution is -2.31. The Hall–Kier alpha value is -0.260. The van der Waals surface area contributed by atoms with Crippen molar-refractivity contribution in [1.29, 1.82) is 0 Å². The topological polar surface area (TPSA) is 36.4 Å². The second-order valence-electron chi connectivity index (χ2n) is 6.50. The summed E-state index contributed by atoms with van der Waals surface area (Å²) in [7, 11) is 2.15. The molecule has 0 aromatic carbocycles. The number of aliphatic hydroxyl groups excluding tert-OH is 1. The Morgan fingerprint density at radius 2 is 2.21 bits per heavy atom. The highest BCUT2D eigenvalue weighted by molar-refractivity contribution is 7.99. The van der Waals surface area contributed by atoms with Crippen molar-refractivity contribution in [1.82, 2.24) is 4.98 Å². The van der Waals surface area contributed by atoms with E-state index in [0.29, 0.717) is 6.04 Å². The molecule has 1 fully saturated rings. The van der Waals surface area contributed by atoms with Gasteiger partial charge >= 0.3 is 0 Å². The van der Waals surface area contributed by atoms with Crippen LogP contribution in [0.15, 0.2) is 0 Å². The van der Waals surface area contributed by atoms with Gasteiger partial charge in [0.2, 0.25) is 0 Å². The van der Waals surface area contributed by atoms with Gasteiger partial charge < -0.3 is 10.0 Å². The summed E-state index contributed by atoms with van der Waals surface area (Å²) >= 11 is 3.72. The Balaban J connectivity index is 1.85. The van der Waals surface area contributed by atoms with E-state index < -0.39 is 0 Å². The van der Waals surface area contributed by atoms with Gasteiger partial charge in [-0.2, -0.15) is 11.8 Å². The third-order valence-corrected chi connectivity index (χ3v) is 6.60. The molecule has 2 heterocycles. The minimum atomic E-state index is -0.323. The average Bonchev–Trinajstić information content (AvgIpc) is 2.94. The maximum atomic E-state index is 10.3. The fraction of sp³-hybridized carbons (Fsp3) is 0.786. The highest BCUT2D eigenvalue weighted by atomic mass is 32.2. The maximum Gasteiger partial charge on any atom is 0.185 e. The zero-order chi connectivity index (χ0) is 13.6. The van der Waals surface area contributed by atoms with Crippen molar-refractivity contribution in [3.63, 3.8) is 0 Å². The number of hydrogen-bond donors (Lipinski definition) is 1. The molecular weight excluding hydrogens is 276 g/mol. The number of rotatable bonds is 2. The van der Waals surface area contributed by atoms with Crippen LogP contribution in [0, 0.1) is 5.41 Å². The van der Waals surface area contributed by atoms with Gasteiger partial charge in [0.05, 0.1) is 16.7 Å².